The zero-order valence-corrected chi connectivity index (χ0v) is 15.9. The van der Waals surface area contributed by atoms with Crippen LogP contribution in [0.3, 0.4) is 0 Å². The lowest BCUT2D eigenvalue weighted by Crippen LogP contribution is -2.51. The number of fused-ring (bicyclic) bond motifs is 2. The van der Waals surface area contributed by atoms with Crippen molar-refractivity contribution in [1.82, 2.24) is 0 Å². The van der Waals surface area contributed by atoms with Gasteiger partial charge in [0.2, 0.25) is 16.7 Å². The Hall–Kier alpha value is -2.80. The van der Waals surface area contributed by atoms with Gasteiger partial charge in [0, 0.05) is 11.3 Å². The number of hydrogen-bond donors (Lipinski definition) is 1. The maximum Gasteiger partial charge on any atom is 0.269 e. The quantitative estimate of drug-likeness (QED) is 0.882. The minimum atomic E-state index is -1.20. The van der Waals surface area contributed by atoms with Gasteiger partial charge < -0.3 is 5.73 Å². The SMILES string of the molecule is Cc1ccc(N2C(=O)CS[C@]23C(=O)N(CC(N)=O)c2ccccc23)cc1C. The summed E-state index contributed by atoms with van der Waals surface area (Å²) in [4.78, 5) is 39.7. The molecule has 0 radical (unpaired) electrons. The van der Waals surface area contributed by atoms with E-state index in [0.29, 0.717) is 16.9 Å². The number of carbonyl (C=O) groups excluding carboxylic acids is 3. The zero-order chi connectivity index (χ0) is 19.3. The van der Waals surface area contributed by atoms with Crippen LogP contribution in [-0.4, -0.2) is 30.0 Å². The molecule has 2 heterocycles. The topological polar surface area (TPSA) is 83.7 Å². The molecule has 1 spiro atoms. The van der Waals surface area contributed by atoms with Gasteiger partial charge >= 0.3 is 0 Å². The van der Waals surface area contributed by atoms with Crippen molar-refractivity contribution in [2.45, 2.75) is 18.7 Å². The second-order valence-electron chi connectivity index (χ2n) is 6.81. The molecule has 1 saturated heterocycles. The number of carbonyl (C=O) groups is 3. The highest BCUT2D eigenvalue weighted by atomic mass is 32.2. The Morgan fingerprint density at radius 3 is 2.59 bits per heavy atom. The van der Waals surface area contributed by atoms with E-state index in [1.807, 2.05) is 44.2 Å². The summed E-state index contributed by atoms with van der Waals surface area (Å²) in [5, 5.41) is 0. The van der Waals surface area contributed by atoms with Crippen molar-refractivity contribution in [2.75, 3.05) is 22.1 Å². The van der Waals surface area contributed by atoms with Crippen LogP contribution in [0.1, 0.15) is 16.7 Å². The number of hydrogen-bond acceptors (Lipinski definition) is 4. The van der Waals surface area contributed by atoms with Crippen LogP contribution >= 0.6 is 11.8 Å². The van der Waals surface area contributed by atoms with E-state index in [4.69, 9.17) is 5.73 Å². The van der Waals surface area contributed by atoms with Gasteiger partial charge in [-0.3, -0.25) is 24.2 Å². The highest BCUT2D eigenvalue weighted by Crippen LogP contribution is 2.55. The molecule has 0 bridgehead atoms. The smallest absolute Gasteiger partial charge is 0.269 e. The predicted octanol–water partition coefficient (Wildman–Crippen LogP) is 2.07. The van der Waals surface area contributed by atoms with Crippen LogP contribution in [0.2, 0.25) is 0 Å². The van der Waals surface area contributed by atoms with Crippen LogP contribution in [0.4, 0.5) is 11.4 Å². The third-order valence-electron chi connectivity index (χ3n) is 5.13. The third-order valence-corrected chi connectivity index (χ3v) is 6.51. The third kappa shape index (κ3) is 2.45. The summed E-state index contributed by atoms with van der Waals surface area (Å²) in [5.41, 5.74) is 9.54. The Balaban J connectivity index is 1.92. The molecule has 27 heavy (non-hydrogen) atoms. The zero-order valence-electron chi connectivity index (χ0n) is 15.1. The first kappa shape index (κ1) is 17.6. The van der Waals surface area contributed by atoms with Gasteiger partial charge in [0.15, 0.2) is 0 Å². The summed E-state index contributed by atoms with van der Waals surface area (Å²) in [6, 6.07) is 13.0. The van der Waals surface area contributed by atoms with E-state index >= 15 is 0 Å². The number of aryl methyl sites for hydroxylation is 2. The molecule has 6 nitrogen and oxygen atoms in total. The lowest BCUT2D eigenvalue weighted by atomic mass is 10.0. The van der Waals surface area contributed by atoms with Crippen LogP contribution < -0.4 is 15.5 Å². The Morgan fingerprint density at radius 2 is 1.89 bits per heavy atom. The molecule has 0 unspecified atom stereocenters. The summed E-state index contributed by atoms with van der Waals surface area (Å²) in [6.45, 7) is 3.76. The van der Waals surface area contributed by atoms with Gasteiger partial charge in [0.1, 0.15) is 6.54 Å². The first-order valence-corrected chi connectivity index (χ1v) is 9.59. The van der Waals surface area contributed by atoms with Gasteiger partial charge in [-0.2, -0.15) is 0 Å². The van der Waals surface area contributed by atoms with Crippen LogP contribution in [0, 0.1) is 13.8 Å². The summed E-state index contributed by atoms with van der Waals surface area (Å²) in [5.74, 6) is -0.844. The van der Waals surface area contributed by atoms with Crippen molar-refractivity contribution in [3.05, 3.63) is 59.2 Å². The number of nitrogens with zero attached hydrogens (tertiary/aromatic N) is 2. The molecule has 4 rings (SSSR count). The second-order valence-corrected chi connectivity index (χ2v) is 7.97. The van der Waals surface area contributed by atoms with Crippen LogP contribution in [0.5, 0.6) is 0 Å². The summed E-state index contributed by atoms with van der Waals surface area (Å²) in [6.07, 6.45) is 0. The van der Waals surface area contributed by atoms with Crippen LogP contribution in [-0.2, 0) is 19.3 Å². The van der Waals surface area contributed by atoms with E-state index in [1.54, 1.807) is 17.0 Å². The Labute approximate surface area is 161 Å². The highest BCUT2D eigenvalue weighted by molar-refractivity contribution is 8.02. The molecule has 138 valence electrons. The molecule has 2 N–H and O–H groups in total. The summed E-state index contributed by atoms with van der Waals surface area (Å²) in [7, 11) is 0. The molecular weight excluding hydrogens is 362 g/mol. The minimum absolute atomic E-state index is 0.132. The Kier molecular flexibility index (Phi) is 3.99. The molecule has 2 aliphatic heterocycles. The Morgan fingerprint density at radius 1 is 1.15 bits per heavy atom. The Bertz CT molecular complexity index is 990. The monoisotopic (exact) mass is 381 g/mol. The fourth-order valence-electron chi connectivity index (χ4n) is 3.73. The van der Waals surface area contributed by atoms with E-state index in [-0.39, 0.29) is 24.1 Å². The average molecular weight is 381 g/mol. The van der Waals surface area contributed by atoms with Gasteiger partial charge in [0.25, 0.3) is 5.91 Å². The summed E-state index contributed by atoms with van der Waals surface area (Å²) < 4.78 is 0. The number of primary amides is 1. The molecule has 3 amide bonds. The second kappa shape index (κ2) is 6.13. The number of rotatable bonds is 3. The van der Waals surface area contributed by atoms with Crippen molar-refractivity contribution in [3.8, 4) is 0 Å². The van der Waals surface area contributed by atoms with Crippen molar-refractivity contribution >= 4 is 40.9 Å². The number of benzene rings is 2. The molecule has 7 heteroatoms. The van der Waals surface area contributed by atoms with Crippen LogP contribution in [0.15, 0.2) is 42.5 Å². The molecular formula is C20H19N3O3S. The normalized spacial score (nSPS) is 21.3. The number of nitrogens with two attached hydrogens (primary N) is 1. The van der Waals surface area contributed by atoms with Crippen molar-refractivity contribution in [3.63, 3.8) is 0 Å². The number of anilines is 2. The van der Waals surface area contributed by atoms with Crippen molar-refractivity contribution in [1.29, 1.82) is 0 Å². The number of thioether (sulfide) groups is 1. The fraction of sp³-hybridized carbons (Fsp3) is 0.250. The van der Waals surface area contributed by atoms with Crippen molar-refractivity contribution in [2.24, 2.45) is 5.73 Å². The standard InChI is InChI=1S/C20H19N3O3S/c1-12-7-8-14(9-13(12)2)23-18(25)11-27-20(23)15-5-3-4-6-16(15)22(19(20)26)10-17(21)24/h3-9H,10-11H2,1-2H3,(H2,21,24)/t20-/m1/s1. The molecule has 0 aromatic heterocycles. The van der Waals surface area contributed by atoms with Gasteiger partial charge in [-0.25, -0.2) is 0 Å². The molecule has 1 atom stereocenters. The molecule has 0 aliphatic carbocycles. The van der Waals surface area contributed by atoms with E-state index in [2.05, 4.69) is 0 Å². The van der Waals surface area contributed by atoms with Crippen molar-refractivity contribution < 1.29 is 14.4 Å². The van der Waals surface area contributed by atoms with Gasteiger partial charge in [-0.05, 0) is 43.2 Å². The van der Waals surface area contributed by atoms with E-state index in [9.17, 15) is 14.4 Å². The predicted molar refractivity (Wildman–Crippen MR) is 106 cm³/mol. The molecule has 2 aromatic carbocycles. The lowest BCUT2D eigenvalue weighted by molar-refractivity contribution is -0.125. The van der Waals surface area contributed by atoms with E-state index < -0.39 is 10.8 Å². The lowest BCUT2D eigenvalue weighted by Gasteiger charge is -2.33. The number of para-hydroxylation sites is 1. The minimum Gasteiger partial charge on any atom is -0.368 e. The van der Waals surface area contributed by atoms with Gasteiger partial charge in [-0.15, -0.1) is 11.8 Å². The molecule has 1 fully saturated rings. The molecule has 2 aliphatic rings. The number of amides is 3. The van der Waals surface area contributed by atoms with Gasteiger partial charge in [-0.1, -0.05) is 24.3 Å². The highest BCUT2D eigenvalue weighted by Gasteiger charge is 2.61. The average Bonchev–Trinajstić information content (AvgIpc) is 3.09. The largest absolute Gasteiger partial charge is 0.368 e. The van der Waals surface area contributed by atoms with Crippen LogP contribution in [0.25, 0.3) is 0 Å². The maximum atomic E-state index is 13.5. The van der Waals surface area contributed by atoms with Gasteiger partial charge in [0.05, 0.1) is 11.4 Å². The first-order valence-electron chi connectivity index (χ1n) is 8.60. The molecule has 2 aromatic rings. The van der Waals surface area contributed by atoms with E-state index in [1.165, 1.54) is 16.7 Å². The molecule has 0 saturated carbocycles. The summed E-state index contributed by atoms with van der Waals surface area (Å²) >= 11 is 1.29. The maximum absolute atomic E-state index is 13.5. The van der Waals surface area contributed by atoms with E-state index in [0.717, 1.165) is 11.1 Å². The fourth-order valence-corrected chi connectivity index (χ4v) is 5.09. The first-order chi connectivity index (χ1) is 12.9.